The van der Waals surface area contributed by atoms with Gasteiger partial charge in [-0.15, -0.1) is 0 Å². The van der Waals surface area contributed by atoms with Crippen LogP contribution >= 0.6 is 0 Å². The van der Waals surface area contributed by atoms with Crippen molar-refractivity contribution < 1.29 is 24.0 Å². The number of rotatable bonds is 6. The van der Waals surface area contributed by atoms with Gasteiger partial charge in [-0.3, -0.25) is 14.9 Å². The van der Waals surface area contributed by atoms with Crippen molar-refractivity contribution in [1.82, 2.24) is 5.43 Å². The minimum absolute atomic E-state index is 0.186. The van der Waals surface area contributed by atoms with Crippen LogP contribution in [0.25, 0.3) is 11.3 Å². The highest BCUT2D eigenvalue weighted by molar-refractivity contribution is 5.96. The molecule has 9 heteroatoms. The molecule has 0 saturated carbocycles. The number of aromatic carboxylic acids is 1. The second-order valence-electron chi connectivity index (χ2n) is 5.56. The van der Waals surface area contributed by atoms with Crippen molar-refractivity contribution in [3.8, 4) is 11.3 Å². The van der Waals surface area contributed by atoms with Crippen LogP contribution in [0, 0.1) is 10.1 Å². The van der Waals surface area contributed by atoms with Gasteiger partial charge in [0.25, 0.3) is 11.6 Å². The Morgan fingerprint density at radius 1 is 1.11 bits per heavy atom. The molecule has 3 aromatic rings. The molecule has 140 valence electrons. The molecule has 1 amide bonds. The molecule has 2 aromatic carbocycles. The molecular weight excluding hydrogens is 366 g/mol. The van der Waals surface area contributed by atoms with Crippen molar-refractivity contribution in [2.75, 3.05) is 0 Å². The summed E-state index contributed by atoms with van der Waals surface area (Å²) >= 11 is 0. The predicted molar refractivity (Wildman–Crippen MR) is 99.3 cm³/mol. The summed E-state index contributed by atoms with van der Waals surface area (Å²) in [5.41, 5.74) is 2.38. The highest BCUT2D eigenvalue weighted by atomic mass is 16.6. The summed E-state index contributed by atoms with van der Waals surface area (Å²) in [6, 6.07) is 15.0. The molecule has 28 heavy (non-hydrogen) atoms. The van der Waals surface area contributed by atoms with E-state index in [9.17, 15) is 24.8 Å². The van der Waals surface area contributed by atoms with Gasteiger partial charge >= 0.3 is 5.97 Å². The molecule has 0 fully saturated rings. The summed E-state index contributed by atoms with van der Waals surface area (Å²) in [5, 5.41) is 23.9. The van der Waals surface area contributed by atoms with E-state index in [1.807, 2.05) is 0 Å². The number of nitrogens with one attached hydrogen (secondary N) is 1. The number of non-ortho nitro benzene ring substituents is 1. The fraction of sp³-hybridized carbons (Fsp3) is 0. The largest absolute Gasteiger partial charge is 0.478 e. The third kappa shape index (κ3) is 4.10. The van der Waals surface area contributed by atoms with Gasteiger partial charge in [-0.05, 0) is 30.3 Å². The number of nitro benzene ring substituents is 1. The van der Waals surface area contributed by atoms with Crippen molar-refractivity contribution in [2.45, 2.75) is 0 Å². The average molecular weight is 379 g/mol. The summed E-state index contributed by atoms with van der Waals surface area (Å²) in [6.07, 6.45) is 1.26. The Kier molecular flexibility index (Phi) is 5.26. The second kappa shape index (κ2) is 7.96. The molecule has 0 atom stereocenters. The smallest absolute Gasteiger partial charge is 0.336 e. The molecule has 2 N–H and O–H groups in total. The molecule has 0 saturated heterocycles. The van der Waals surface area contributed by atoms with Crippen molar-refractivity contribution >= 4 is 23.8 Å². The summed E-state index contributed by atoms with van der Waals surface area (Å²) in [7, 11) is 0. The van der Waals surface area contributed by atoms with Crippen LogP contribution in [0.4, 0.5) is 5.69 Å². The number of carbonyl (C=O) groups excluding carboxylic acids is 1. The summed E-state index contributed by atoms with van der Waals surface area (Å²) in [5.74, 6) is -1.26. The molecule has 1 heterocycles. The van der Waals surface area contributed by atoms with E-state index >= 15 is 0 Å². The van der Waals surface area contributed by atoms with Gasteiger partial charge in [-0.2, -0.15) is 5.10 Å². The molecule has 0 unspecified atom stereocenters. The maximum absolute atomic E-state index is 11.9. The molecule has 0 aliphatic heterocycles. The lowest BCUT2D eigenvalue weighted by molar-refractivity contribution is -0.384. The Morgan fingerprint density at radius 3 is 2.54 bits per heavy atom. The fourth-order valence-electron chi connectivity index (χ4n) is 2.41. The van der Waals surface area contributed by atoms with Crippen LogP contribution in [0.3, 0.4) is 0 Å². The van der Waals surface area contributed by atoms with Gasteiger partial charge in [-0.1, -0.05) is 18.2 Å². The number of furan rings is 1. The minimum Gasteiger partial charge on any atom is -0.478 e. The highest BCUT2D eigenvalue weighted by Gasteiger charge is 2.19. The van der Waals surface area contributed by atoms with Crippen LogP contribution in [-0.2, 0) is 0 Å². The van der Waals surface area contributed by atoms with Crippen molar-refractivity contribution in [2.24, 2.45) is 5.10 Å². The third-order valence-electron chi connectivity index (χ3n) is 3.73. The van der Waals surface area contributed by atoms with Gasteiger partial charge in [-0.25, -0.2) is 10.2 Å². The number of nitrogens with zero attached hydrogens (tertiary/aromatic N) is 2. The number of nitro groups is 1. The molecule has 0 aliphatic carbocycles. The number of hydrogen-bond acceptors (Lipinski definition) is 6. The van der Waals surface area contributed by atoms with E-state index in [1.165, 1.54) is 30.5 Å². The zero-order chi connectivity index (χ0) is 20.1. The van der Waals surface area contributed by atoms with Crippen LogP contribution in [0.5, 0.6) is 0 Å². The van der Waals surface area contributed by atoms with Gasteiger partial charge in [0.1, 0.15) is 11.5 Å². The lowest BCUT2D eigenvalue weighted by atomic mass is 10.0. The monoisotopic (exact) mass is 379 g/mol. The first-order valence-electron chi connectivity index (χ1n) is 7.96. The molecule has 0 radical (unpaired) electrons. The number of benzene rings is 2. The Morgan fingerprint density at radius 2 is 1.86 bits per heavy atom. The maximum atomic E-state index is 11.9. The Bertz CT molecular complexity index is 1070. The molecule has 1 aromatic heterocycles. The van der Waals surface area contributed by atoms with Gasteiger partial charge in [0.2, 0.25) is 0 Å². The summed E-state index contributed by atoms with van der Waals surface area (Å²) in [6.45, 7) is 0. The minimum atomic E-state index is -1.32. The van der Waals surface area contributed by atoms with Crippen LogP contribution in [0.1, 0.15) is 26.5 Å². The van der Waals surface area contributed by atoms with Crippen molar-refractivity contribution in [3.05, 3.63) is 87.7 Å². The first-order chi connectivity index (χ1) is 13.5. The van der Waals surface area contributed by atoms with Crippen LogP contribution in [-0.4, -0.2) is 28.1 Å². The normalized spacial score (nSPS) is 10.7. The highest BCUT2D eigenvalue weighted by Crippen LogP contribution is 2.28. The number of carbonyl (C=O) groups is 2. The van der Waals surface area contributed by atoms with Crippen LogP contribution < -0.4 is 5.43 Å². The Balaban J connectivity index is 1.78. The topological polar surface area (TPSA) is 135 Å². The number of hydrogen-bond donors (Lipinski definition) is 2. The van der Waals surface area contributed by atoms with Crippen LogP contribution in [0.15, 0.2) is 70.2 Å². The van der Waals surface area contributed by atoms with Crippen molar-refractivity contribution in [1.29, 1.82) is 0 Å². The number of carboxylic acid groups (broad SMARTS) is 1. The molecule has 9 nitrogen and oxygen atoms in total. The summed E-state index contributed by atoms with van der Waals surface area (Å²) in [4.78, 5) is 33.5. The van der Waals surface area contributed by atoms with Gasteiger partial charge in [0.05, 0.1) is 16.7 Å². The number of carboxylic acids is 1. The second-order valence-corrected chi connectivity index (χ2v) is 5.56. The van der Waals surface area contributed by atoms with E-state index in [0.717, 1.165) is 6.07 Å². The fourth-order valence-corrected chi connectivity index (χ4v) is 2.41. The molecular formula is C19H13N3O6. The number of amides is 1. The zero-order valence-electron chi connectivity index (χ0n) is 14.2. The lowest BCUT2D eigenvalue weighted by Crippen LogP contribution is -2.17. The van der Waals surface area contributed by atoms with E-state index < -0.39 is 16.8 Å². The Labute approximate surface area is 158 Å². The molecule has 0 spiro atoms. The maximum Gasteiger partial charge on any atom is 0.336 e. The standard InChI is InChI=1S/C19H13N3O6/c23-18(12-4-2-1-3-5-12)21-20-11-14-7-9-17(28-14)15-8-6-13(22(26)27)10-16(15)19(24)25/h1-11H,(H,21,23)(H,24,25)/b20-11-. The van der Waals surface area contributed by atoms with Gasteiger partial charge < -0.3 is 9.52 Å². The molecule has 3 rings (SSSR count). The van der Waals surface area contributed by atoms with Gasteiger partial charge in [0, 0.05) is 23.3 Å². The van der Waals surface area contributed by atoms with E-state index in [-0.39, 0.29) is 28.3 Å². The van der Waals surface area contributed by atoms with E-state index in [0.29, 0.717) is 5.56 Å². The van der Waals surface area contributed by atoms with E-state index in [2.05, 4.69) is 10.5 Å². The lowest BCUT2D eigenvalue weighted by Gasteiger charge is -2.03. The SMILES string of the molecule is O=C(N/N=C\c1ccc(-c2ccc([N+](=O)[O-])cc2C(=O)O)o1)c1ccccc1. The third-order valence-corrected chi connectivity index (χ3v) is 3.73. The van der Waals surface area contributed by atoms with Crippen molar-refractivity contribution in [3.63, 3.8) is 0 Å². The van der Waals surface area contributed by atoms with Crippen LogP contribution in [0.2, 0.25) is 0 Å². The molecule has 0 bridgehead atoms. The number of hydrazone groups is 1. The first kappa shape index (κ1) is 18.5. The Hall–Kier alpha value is -4.27. The first-order valence-corrected chi connectivity index (χ1v) is 7.96. The zero-order valence-corrected chi connectivity index (χ0v) is 14.2. The van der Waals surface area contributed by atoms with E-state index in [1.54, 1.807) is 30.3 Å². The molecule has 0 aliphatic rings. The van der Waals surface area contributed by atoms with Gasteiger partial charge in [0.15, 0.2) is 0 Å². The predicted octanol–water partition coefficient (Wildman–Crippen LogP) is 3.32. The summed E-state index contributed by atoms with van der Waals surface area (Å²) < 4.78 is 5.51. The average Bonchev–Trinajstić information content (AvgIpc) is 3.16. The van der Waals surface area contributed by atoms with E-state index in [4.69, 9.17) is 4.42 Å². The quantitative estimate of drug-likeness (QED) is 0.383.